The van der Waals surface area contributed by atoms with E-state index in [-0.39, 0.29) is 0 Å². The third-order valence-electron chi connectivity index (χ3n) is 1.53. The minimum atomic E-state index is -2.75. The molecule has 0 aliphatic heterocycles. The normalized spacial score (nSPS) is 21.0. The van der Waals surface area contributed by atoms with Crippen LogP contribution in [0.25, 0.3) is 0 Å². The number of hydrogen-bond donors (Lipinski definition) is 2. The number of hydrogen-bond acceptors (Lipinski definition) is 5. The van der Waals surface area contributed by atoms with E-state index in [0.717, 1.165) is 0 Å². The zero-order chi connectivity index (χ0) is 9.94. The maximum atomic E-state index is 10.4. The third-order valence-corrected chi connectivity index (χ3v) is 1.97. The molecule has 12 heavy (non-hydrogen) atoms. The number of rotatable bonds is 4. The summed E-state index contributed by atoms with van der Waals surface area (Å²) >= 11 is -2.75. The molecule has 0 spiro atoms. The van der Waals surface area contributed by atoms with Gasteiger partial charge in [0.15, 0.2) is 0 Å². The highest BCUT2D eigenvalue weighted by molar-refractivity contribution is 7.74. The summed E-state index contributed by atoms with van der Waals surface area (Å²) in [5.41, 5.74) is 3.55. The fraction of sp³-hybridized carbons (Fsp3) is 0.800. The summed E-state index contributed by atoms with van der Waals surface area (Å²) in [4.78, 5) is 10.4. The average molecular weight is 196 g/mol. The lowest BCUT2D eigenvalue weighted by Gasteiger charge is -2.26. The molecule has 0 aliphatic carbocycles. The van der Waals surface area contributed by atoms with Gasteiger partial charge in [-0.25, -0.2) is 4.21 Å². The predicted octanol–water partition coefficient (Wildman–Crippen LogP) is -1.01. The van der Waals surface area contributed by atoms with Crippen LogP contribution in [0.15, 0.2) is 0 Å². The molecule has 0 saturated heterocycles. The molecule has 0 fully saturated rings. The zero-order valence-corrected chi connectivity index (χ0v) is 7.46. The first-order valence-electron chi connectivity index (χ1n) is 3.07. The molecule has 6 nitrogen and oxygen atoms in total. The fourth-order valence-corrected chi connectivity index (χ4v) is 0.827. The van der Waals surface area contributed by atoms with Crippen LogP contribution in [0, 0.1) is 0 Å². The maximum absolute atomic E-state index is 10.4. The van der Waals surface area contributed by atoms with Gasteiger partial charge in [-0.3, -0.25) is 8.98 Å². The lowest BCUT2D eigenvalue weighted by molar-refractivity contribution is -0.145. The highest BCUT2D eigenvalue weighted by atomic mass is 32.2. The van der Waals surface area contributed by atoms with Gasteiger partial charge in [-0.1, -0.05) is 0 Å². The predicted molar refractivity (Wildman–Crippen MR) is 39.7 cm³/mol. The summed E-state index contributed by atoms with van der Waals surface area (Å²) in [6, 6.07) is 0. The van der Waals surface area contributed by atoms with Crippen LogP contribution in [0.2, 0.25) is 0 Å². The van der Waals surface area contributed by atoms with E-state index in [9.17, 15) is 13.6 Å². The first kappa shape index (κ1) is 11.5. The minimum Gasteiger partial charge on any atom is -0.750 e. The highest BCUT2D eigenvalue weighted by Gasteiger charge is 2.36. The topological polar surface area (TPSA) is 113 Å². The Morgan fingerprint density at radius 1 is 1.83 bits per heavy atom. The average Bonchev–Trinajstić information content (AvgIpc) is 1.85. The Labute approximate surface area is 72.2 Å². The molecule has 0 radical (unpaired) electrons. The monoisotopic (exact) mass is 196 g/mol. The van der Waals surface area contributed by atoms with Gasteiger partial charge in [-0.15, -0.1) is 0 Å². The molecule has 0 aromatic carbocycles. The van der Waals surface area contributed by atoms with Crippen molar-refractivity contribution in [2.75, 3.05) is 0 Å². The van der Waals surface area contributed by atoms with Crippen molar-refractivity contribution in [2.45, 2.75) is 25.5 Å². The molecule has 3 unspecified atom stereocenters. The molecule has 0 rings (SSSR count). The number of carbonyl (C=O) groups is 1. The van der Waals surface area contributed by atoms with Crippen LogP contribution in [-0.4, -0.2) is 31.5 Å². The van der Waals surface area contributed by atoms with E-state index in [1.54, 1.807) is 0 Å². The molecule has 0 aliphatic rings. The summed E-state index contributed by atoms with van der Waals surface area (Å²) in [6.07, 6.45) is -1.10. The second-order valence-electron chi connectivity index (χ2n) is 2.53. The van der Waals surface area contributed by atoms with E-state index in [0.29, 0.717) is 0 Å². The van der Waals surface area contributed by atoms with Crippen molar-refractivity contribution in [3.63, 3.8) is 0 Å². The Balaban J connectivity index is 4.35. The Morgan fingerprint density at radius 3 is 2.50 bits per heavy atom. The second-order valence-corrected chi connectivity index (χ2v) is 3.13. The highest BCUT2D eigenvalue weighted by Crippen LogP contribution is 2.10. The molecule has 0 aromatic rings. The number of nitrogens with two attached hydrogens (primary N) is 1. The van der Waals surface area contributed by atoms with Crippen LogP contribution in [0.3, 0.4) is 0 Å². The van der Waals surface area contributed by atoms with Gasteiger partial charge in [-0.05, 0) is 13.8 Å². The van der Waals surface area contributed by atoms with E-state index in [4.69, 9.17) is 10.8 Å². The number of carboxylic acids is 1. The van der Waals surface area contributed by atoms with E-state index in [2.05, 4.69) is 4.18 Å². The van der Waals surface area contributed by atoms with Crippen molar-refractivity contribution in [1.29, 1.82) is 0 Å². The zero-order valence-electron chi connectivity index (χ0n) is 6.64. The molecule has 3 atom stereocenters. The van der Waals surface area contributed by atoms with Crippen LogP contribution >= 0.6 is 0 Å². The number of carboxylic acid groups (broad SMARTS) is 1. The summed E-state index contributed by atoms with van der Waals surface area (Å²) in [5.74, 6) is -1.32. The Bertz CT molecular complexity index is 204. The first-order valence-corrected chi connectivity index (χ1v) is 4.07. The van der Waals surface area contributed by atoms with E-state index in [1.165, 1.54) is 13.8 Å². The Hall–Kier alpha value is -0.500. The van der Waals surface area contributed by atoms with Crippen molar-refractivity contribution in [2.24, 2.45) is 5.73 Å². The molecule has 0 amide bonds. The van der Waals surface area contributed by atoms with Crippen LogP contribution < -0.4 is 5.73 Å². The largest absolute Gasteiger partial charge is 0.750 e. The third kappa shape index (κ3) is 2.86. The van der Waals surface area contributed by atoms with Crippen LogP contribution in [0.5, 0.6) is 0 Å². The first-order chi connectivity index (χ1) is 5.28. The van der Waals surface area contributed by atoms with Gasteiger partial charge >= 0.3 is 5.97 Å². The molecule has 72 valence electrons. The van der Waals surface area contributed by atoms with E-state index in [1.807, 2.05) is 0 Å². The summed E-state index contributed by atoms with van der Waals surface area (Å²) < 4.78 is 24.2. The van der Waals surface area contributed by atoms with E-state index < -0.39 is 29.0 Å². The molecule has 0 aromatic heterocycles. The van der Waals surface area contributed by atoms with Crippen molar-refractivity contribution in [1.82, 2.24) is 0 Å². The van der Waals surface area contributed by atoms with Gasteiger partial charge in [-0.2, -0.15) is 0 Å². The number of aliphatic carboxylic acids is 1. The van der Waals surface area contributed by atoms with Gasteiger partial charge < -0.3 is 15.4 Å². The summed E-state index contributed by atoms with van der Waals surface area (Å²) in [7, 11) is 0. The Morgan fingerprint density at radius 2 is 2.25 bits per heavy atom. The van der Waals surface area contributed by atoms with E-state index >= 15 is 0 Å². The van der Waals surface area contributed by atoms with Gasteiger partial charge in [0, 0.05) is 0 Å². The molecular weight excluding hydrogens is 186 g/mol. The van der Waals surface area contributed by atoms with Crippen LogP contribution in [0.4, 0.5) is 0 Å². The second kappa shape index (κ2) is 3.94. The van der Waals surface area contributed by atoms with Crippen LogP contribution in [-0.2, 0) is 20.3 Å². The molecule has 0 saturated carbocycles. The maximum Gasteiger partial charge on any atom is 0.326 e. The molecular formula is C5H10NO5S-. The molecule has 0 bridgehead atoms. The lowest BCUT2D eigenvalue weighted by Crippen LogP contribution is -2.54. The summed E-state index contributed by atoms with van der Waals surface area (Å²) in [5, 5.41) is 8.52. The van der Waals surface area contributed by atoms with Gasteiger partial charge in [0.25, 0.3) is 0 Å². The van der Waals surface area contributed by atoms with Crippen molar-refractivity contribution in [3.8, 4) is 0 Å². The fourth-order valence-electron chi connectivity index (χ4n) is 0.392. The Kier molecular flexibility index (Phi) is 3.78. The van der Waals surface area contributed by atoms with Gasteiger partial charge in [0.05, 0.1) is 17.5 Å². The summed E-state index contributed by atoms with van der Waals surface area (Å²) in [6.45, 7) is 2.44. The van der Waals surface area contributed by atoms with Gasteiger partial charge in [0.1, 0.15) is 5.54 Å². The molecule has 7 heteroatoms. The molecule has 0 heterocycles. The van der Waals surface area contributed by atoms with Crippen molar-refractivity contribution < 1.29 is 22.8 Å². The smallest absolute Gasteiger partial charge is 0.326 e. The minimum absolute atomic E-state index is 1.10. The van der Waals surface area contributed by atoms with Crippen molar-refractivity contribution >= 4 is 17.3 Å². The standard InChI is InChI=1S/C5H11NO5S/c1-3(11-12(9)10)5(2,6)4(7)8/h3H,6H2,1-2H3,(H,7,8)(H,9,10)/p-1. The van der Waals surface area contributed by atoms with Gasteiger partial charge in [0.2, 0.25) is 0 Å². The SMILES string of the molecule is CC(OS(=O)[O-])C(C)(N)C(=O)O. The lowest BCUT2D eigenvalue weighted by atomic mass is 9.98. The quantitative estimate of drug-likeness (QED) is 0.557. The van der Waals surface area contributed by atoms with Crippen molar-refractivity contribution in [3.05, 3.63) is 0 Å². The molecule has 3 N–H and O–H groups in total. The van der Waals surface area contributed by atoms with Crippen LogP contribution in [0.1, 0.15) is 13.8 Å².